The molecule has 1 fully saturated rings. The van der Waals surface area contributed by atoms with E-state index in [9.17, 15) is 4.79 Å². The summed E-state index contributed by atoms with van der Waals surface area (Å²) < 4.78 is 15.1. The summed E-state index contributed by atoms with van der Waals surface area (Å²) >= 11 is 0. The normalized spacial score (nSPS) is 14.4. The van der Waals surface area contributed by atoms with Crippen molar-refractivity contribution in [3.63, 3.8) is 0 Å². The number of fused-ring (bicyclic) bond motifs is 1. The average Bonchev–Trinajstić information content (AvgIpc) is 3.36. The Morgan fingerprint density at radius 1 is 1.31 bits per heavy atom. The van der Waals surface area contributed by atoms with Crippen LogP contribution in [-0.4, -0.2) is 57.7 Å². The fourth-order valence-corrected chi connectivity index (χ4v) is 4.59. The summed E-state index contributed by atoms with van der Waals surface area (Å²) in [6.45, 7) is 15.8. The van der Waals surface area contributed by atoms with Crippen LogP contribution in [0.5, 0.6) is 0 Å². The maximum atomic E-state index is 12.9. The van der Waals surface area contributed by atoms with E-state index < -0.39 is 0 Å². The quantitative estimate of drug-likeness (QED) is 0.541. The molecule has 0 aliphatic carbocycles. The second-order valence-corrected chi connectivity index (χ2v) is 8.53. The number of carbonyl (C=O) groups excluding carboxylic acids is 1. The molecule has 7 heteroatoms. The highest BCUT2D eigenvalue weighted by Crippen LogP contribution is 2.37. The number of hydrogen-bond donors (Lipinski definition) is 0. The average molecular weight is 437 g/mol. The van der Waals surface area contributed by atoms with Gasteiger partial charge in [0.1, 0.15) is 5.82 Å². The summed E-state index contributed by atoms with van der Waals surface area (Å²) in [4.78, 5) is 19.8. The number of esters is 1. The minimum absolute atomic E-state index is 0.231. The maximum absolute atomic E-state index is 12.9. The molecule has 1 aliphatic heterocycles. The van der Waals surface area contributed by atoms with Gasteiger partial charge < -0.3 is 23.3 Å². The summed E-state index contributed by atoms with van der Waals surface area (Å²) in [5.41, 5.74) is 6.45. The lowest BCUT2D eigenvalue weighted by Gasteiger charge is -2.32. The van der Waals surface area contributed by atoms with Gasteiger partial charge in [-0.2, -0.15) is 0 Å². The van der Waals surface area contributed by atoms with Crippen molar-refractivity contribution in [3.8, 4) is 11.4 Å². The van der Waals surface area contributed by atoms with Crippen LogP contribution in [0.25, 0.3) is 22.6 Å². The van der Waals surface area contributed by atoms with Crippen LogP contribution in [-0.2, 0) is 16.5 Å². The molecule has 0 atom stereocenters. The number of rotatable bonds is 6. The van der Waals surface area contributed by atoms with Crippen LogP contribution in [0.15, 0.2) is 31.2 Å². The molecule has 4 rings (SSSR count). The zero-order valence-electron chi connectivity index (χ0n) is 19.6. The SMILES string of the molecule is C=C(c1c(C)c(C(=O)OCC)cc2c(C(C)C)c(-c3nccn3C)cn12)N1CCOCC1. The van der Waals surface area contributed by atoms with Gasteiger partial charge in [-0.25, -0.2) is 9.78 Å². The molecule has 3 aromatic rings. The van der Waals surface area contributed by atoms with Crippen molar-refractivity contribution in [2.45, 2.75) is 33.6 Å². The van der Waals surface area contributed by atoms with E-state index >= 15 is 0 Å². The number of pyridine rings is 1. The van der Waals surface area contributed by atoms with Crippen molar-refractivity contribution in [3.05, 3.63) is 53.6 Å². The molecule has 0 N–H and O–H groups in total. The number of aryl methyl sites for hydroxylation is 1. The number of imidazole rings is 1. The van der Waals surface area contributed by atoms with E-state index in [-0.39, 0.29) is 11.9 Å². The molecule has 0 unspecified atom stereocenters. The van der Waals surface area contributed by atoms with Crippen molar-refractivity contribution in [2.75, 3.05) is 32.9 Å². The molecule has 0 aromatic carbocycles. The zero-order valence-corrected chi connectivity index (χ0v) is 19.6. The number of aromatic nitrogens is 3. The highest BCUT2D eigenvalue weighted by atomic mass is 16.5. The van der Waals surface area contributed by atoms with E-state index in [0.29, 0.717) is 25.4 Å². The third kappa shape index (κ3) is 3.71. The van der Waals surface area contributed by atoms with Gasteiger partial charge in [0.25, 0.3) is 0 Å². The third-order valence-electron chi connectivity index (χ3n) is 6.17. The van der Waals surface area contributed by atoms with Crippen LogP contribution < -0.4 is 0 Å². The van der Waals surface area contributed by atoms with E-state index in [1.165, 1.54) is 0 Å². The molecule has 0 saturated carbocycles. The molecule has 0 bridgehead atoms. The fourth-order valence-electron chi connectivity index (χ4n) is 4.59. The number of hydrogen-bond acceptors (Lipinski definition) is 5. The Labute approximate surface area is 189 Å². The van der Waals surface area contributed by atoms with Gasteiger partial charge in [-0.15, -0.1) is 0 Å². The van der Waals surface area contributed by atoms with Gasteiger partial charge in [0.05, 0.1) is 42.3 Å². The minimum Gasteiger partial charge on any atom is -0.462 e. The van der Waals surface area contributed by atoms with Crippen molar-refractivity contribution in [1.82, 2.24) is 18.9 Å². The molecule has 0 amide bonds. The fraction of sp³-hybridized carbons (Fsp3) is 0.440. The standard InChI is InChI=1S/C25H32N4O3/c1-7-32-25(30)19-14-21-22(16(2)3)20(24-26-8-9-27(24)6)15-29(21)23(17(19)4)18(5)28-10-12-31-13-11-28/h8-9,14-16H,5,7,10-13H2,1-4,6H3. The molecule has 1 saturated heterocycles. The first-order chi connectivity index (χ1) is 15.3. The summed E-state index contributed by atoms with van der Waals surface area (Å²) in [6, 6.07) is 1.96. The molecule has 1 aliphatic rings. The Morgan fingerprint density at radius 2 is 2.03 bits per heavy atom. The molecule has 4 heterocycles. The predicted molar refractivity (Wildman–Crippen MR) is 126 cm³/mol. The number of carbonyl (C=O) groups is 1. The lowest BCUT2D eigenvalue weighted by Crippen LogP contribution is -2.35. The highest BCUT2D eigenvalue weighted by molar-refractivity contribution is 5.95. The van der Waals surface area contributed by atoms with Gasteiger partial charge >= 0.3 is 5.97 Å². The molecular formula is C25H32N4O3. The highest BCUT2D eigenvalue weighted by Gasteiger charge is 2.26. The first kappa shape index (κ1) is 22.1. The third-order valence-corrected chi connectivity index (χ3v) is 6.17. The Hall–Kier alpha value is -3.06. The van der Waals surface area contributed by atoms with E-state index in [0.717, 1.165) is 52.5 Å². The molecule has 170 valence electrons. The van der Waals surface area contributed by atoms with E-state index in [4.69, 9.17) is 9.47 Å². The van der Waals surface area contributed by atoms with Gasteiger partial charge in [-0.3, -0.25) is 0 Å². The second kappa shape index (κ2) is 8.82. The van der Waals surface area contributed by atoms with Gasteiger partial charge in [-0.05, 0) is 37.0 Å². The summed E-state index contributed by atoms with van der Waals surface area (Å²) in [6.07, 6.45) is 5.89. The van der Waals surface area contributed by atoms with Crippen LogP contribution in [0.1, 0.15) is 53.9 Å². The van der Waals surface area contributed by atoms with Crippen molar-refractivity contribution >= 4 is 17.2 Å². The molecule has 0 radical (unpaired) electrons. The van der Waals surface area contributed by atoms with Crippen LogP contribution in [0.4, 0.5) is 0 Å². The van der Waals surface area contributed by atoms with Crippen LogP contribution in [0.2, 0.25) is 0 Å². The lowest BCUT2D eigenvalue weighted by atomic mass is 9.97. The Balaban J connectivity index is 2.03. The first-order valence-electron chi connectivity index (χ1n) is 11.2. The predicted octanol–water partition coefficient (Wildman–Crippen LogP) is 4.25. The topological polar surface area (TPSA) is 61.0 Å². The summed E-state index contributed by atoms with van der Waals surface area (Å²) in [5, 5.41) is 0. The van der Waals surface area contributed by atoms with Crippen LogP contribution >= 0.6 is 0 Å². The van der Waals surface area contributed by atoms with E-state index in [1.807, 2.05) is 43.9 Å². The van der Waals surface area contributed by atoms with E-state index in [1.54, 1.807) is 0 Å². The number of nitrogens with zero attached hydrogens (tertiary/aromatic N) is 4. The maximum Gasteiger partial charge on any atom is 0.338 e. The van der Waals surface area contributed by atoms with Crippen molar-refractivity contribution in [1.29, 1.82) is 0 Å². The molecule has 7 nitrogen and oxygen atoms in total. The minimum atomic E-state index is -0.307. The first-order valence-corrected chi connectivity index (χ1v) is 11.2. The zero-order chi connectivity index (χ0) is 23.0. The van der Waals surface area contributed by atoms with Crippen LogP contribution in [0.3, 0.4) is 0 Å². The monoisotopic (exact) mass is 436 g/mol. The van der Waals surface area contributed by atoms with Crippen molar-refractivity contribution in [2.24, 2.45) is 7.05 Å². The Morgan fingerprint density at radius 3 is 2.62 bits per heavy atom. The molecule has 0 spiro atoms. The van der Waals surface area contributed by atoms with Gasteiger partial charge in [0.2, 0.25) is 0 Å². The lowest BCUT2D eigenvalue weighted by molar-refractivity contribution is 0.0525. The summed E-state index contributed by atoms with van der Waals surface area (Å²) in [5.74, 6) is 0.822. The van der Waals surface area contributed by atoms with Gasteiger partial charge in [0, 0.05) is 44.3 Å². The summed E-state index contributed by atoms with van der Waals surface area (Å²) in [7, 11) is 2.00. The van der Waals surface area contributed by atoms with E-state index in [2.05, 4.69) is 40.9 Å². The largest absolute Gasteiger partial charge is 0.462 e. The Kier molecular flexibility index (Phi) is 6.11. The molecular weight excluding hydrogens is 404 g/mol. The molecule has 3 aromatic heterocycles. The van der Waals surface area contributed by atoms with Gasteiger partial charge in [0.15, 0.2) is 0 Å². The smallest absolute Gasteiger partial charge is 0.338 e. The second-order valence-electron chi connectivity index (χ2n) is 8.53. The van der Waals surface area contributed by atoms with Gasteiger partial charge in [-0.1, -0.05) is 20.4 Å². The van der Waals surface area contributed by atoms with Crippen LogP contribution in [0, 0.1) is 6.92 Å². The number of morpholine rings is 1. The number of ether oxygens (including phenoxy) is 2. The van der Waals surface area contributed by atoms with Crippen molar-refractivity contribution < 1.29 is 14.3 Å². The molecule has 32 heavy (non-hydrogen) atoms. The Bertz CT molecular complexity index is 1170.